The van der Waals surface area contributed by atoms with Gasteiger partial charge in [-0.25, -0.2) is 4.79 Å². The lowest BCUT2D eigenvalue weighted by Crippen LogP contribution is -2.26. The summed E-state index contributed by atoms with van der Waals surface area (Å²) in [5.41, 5.74) is 0.0623. The van der Waals surface area contributed by atoms with Gasteiger partial charge in [0.05, 0.1) is 11.7 Å². The van der Waals surface area contributed by atoms with Crippen LogP contribution in [-0.4, -0.2) is 29.9 Å². The molecule has 0 unspecified atom stereocenters. The highest BCUT2D eigenvalue weighted by Gasteiger charge is 2.16. The predicted octanol–water partition coefficient (Wildman–Crippen LogP) is 1.11. The van der Waals surface area contributed by atoms with E-state index in [0.717, 1.165) is 25.9 Å². The molecule has 1 fully saturated rings. The van der Waals surface area contributed by atoms with Crippen molar-refractivity contribution in [2.24, 2.45) is 7.05 Å². The van der Waals surface area contributed by atoms with Crippen LogP contribution in [0.25, 0.3) is 0 Å². The molecule has 1 saturated heterocycles. The lowest BCUT2D eigenvalue weighted by atomic mass is 10.1. The number of hydrogen-bond acceptors (Lipinski definition) is 4. The van der Waals surface area contributed by atoms with E-state index in [0.29, 0.717) is 0 Å². The molecule has 0 N–H and O–H groups in total. The largest absolute Gasteiger partial charge is 0.459 e. The van der Waals surface area contributed by atoms with E-state index in [1.54, 1.807) is 19.3 Å². The minimum atomic E-state index is -0.470. The molecule has 0 spiro atoms. The van der Waals surface area contributed by atoms with Crippen LogP contribution in [0.2, 0.25) is 0 Å². The van der Waals surface area contributed by atoms with Crippen molar-refractivity contribution in [2.75, 3.05) is 13.2 Å². The zero-order valence-corrected chi connectivity index (χ0v) is 10.4. The van der Waals surface area contributed by atoms with E-state index in [1.807, 2.05) is 0 Å². The van der Waals surface area contributed by atoms with Crippen molar-refractivity contribution in [1.82, 2.24) is 4.57 Å². The van der Waals surface area contributed by atoms with Gasteiger partial charge in [-0.1, -0.05) is 0 Å². The third-order valence-corrected chi connectivity index (χ3v) is 3.01. The van der Waals surface area contributed by atoms with Gasteiger partial charge in [0.15, 0.2) is 0 Å². The van der Waals surface area contributed by atoms with E-state index in [-0.39, 0.29) is 23.8 Å². The molecule has 0 saturated carbocycles. The fourth-order valence-electron chi connectivity index (χ4n) is 1.87. The van der Waals surface area contributed by atoms with Crippen LogP contribution in [0.15, 0.2) is 23.1 Å². The van der Waals surface area contributed by atoms with Gasteiger partial charge >= 0.3 is 5.97 Å². The molecule has 1 aromatic rings. The summed E-state index contributed by atoms with van der Waals surface area (Å²) >= 11 is 0. The summed E-state index contributed by atoms with van der Waals surface area (Å²) in [5, 5.41) is 0. The Balaban J connectivity index is 1.90. The second-order valence-corrected chi connectivity index (χ2v) is 4.45. The monoisotopic (exact) mass is 251 g/mol. The molecule has 2 rings (SSSR count). The molecule has 18 heavy (non-hydrogen) atoms. The minimum Gasteiger partial charge on any atom is -0.459 e. The Morgan fingerprint density at radius 3 is 3.06 bits per heavy atom. The highest BCUT2D eigenvalue weighted by molar-refractivity contribution is 5.89. The van der Waals surface area contributed by atoms with Crippen molar-refractivity contribution in [2.45, 2.75) is 25.4 Å². The molecule has 2 heterocycles. The molecule has 98 valence electrons. The molecule has 5 heteroatoms. The summed E-state index contributed by atoms with van der Waals surface area (Å²) < 4.78 is 12.0. The molecule has 1 atom stereocenters. The summed E-state index contributed by atoms with van der Waals surface area (Å²) in [6.45, 7) is 0.988. The quantitative estimate of drug-likeness (QED) is 0.755. The maximum atomic E-state index is 11.7. The highest BCUT2D eigenvalue weighted by Crippen LogP contribution is 2.13. The maximum Gasteiger partial charge on any atom is 0.338 e. The molecular formula is C13H17NO4. The zero-order valence-electron chi connectivity index (χ0n) is 10.4. The van der Waals surface area contributed by atoms with Crippen LogP contribution in [0, 0.1) is 0 Å². The summed E-state index contributed by atoms with van der Waals surface area (Å²) in [4.78, 5) is 23.1. The van der Waals surface area contributed by atoms with Gasteiger partial charge in [0.1, 0.15) is 6.61 Å². The molecule has 1 aliphatic heterocycles. The van der Waals surface area contributed by atoms with E-state index in [2.05, 4.69) is 0 Å². The molecule has 1 aliphatic rings. The van der Waals surface area contributed by atoms with Crippen LogP contribution in [0.5, 0.6) is 0 Å². The van der Waals surface area contributed by atoms with Crippen LogP contribution in [-0.2, 0) is 16.5 Å². The number of carbonyl (C=O) groups excluding carboxylic acids is 1. The summed E-state index contributed by atoms with van der Waals surface area (Å²) in [6, 6.07) is 2.86. The van der Waals surface area contributed by atoms with E-state index >= 15 is 0 Å². The Morgan fingerprint density at radius 1 is 1.56 bits per heavy atom. The first-order valence-electron chi connectivity index (χ1n) is 6.12. The zero-order chi connectivity index (χ0) is 13.0. The Bertz CT molecular complexity index is 474. The van der Waals surface area contributed by atoms with Crippen LogP contribution < -0.4 is 5.56 Å². The average molecular weight is 251 g/mol. The molecule has 0 bridgehead atoms. The lowest BCUT2D eigenvalue weighted by Gasteiger charge is -2.22. The summed E-state index contributed by atoms with van der Waals surface area (Å²) in [5.74, 6) is -0.470. The smallest absolute Gasteiger partial charge is 0.338 e. The number of aryl methyl sites for hydroxylation is 1. The molecule has 5 nitrogen and oxygen atoms in total. The van der Waals surface area contributed by atoms with Crippen LogP contribution >= 0.6 is 0 Å². The first-order chi connectivity index (χ1) is 8.66. The fraction of sp³-hybridized carbons (Fsp3) is 0.538. The molecular weight excluding hydrogens is 234 g/mol. The van der Waals surface area contributed by atoms with Gasteiger partial charge in [-0.05, 0) is 25.3 Å². The number of carbonyl (C=O) groups is 1. The van der Waals surface area contributed by atoms with Gasteiger partial charge in [0.2, 0.25) is 0 Å². The second-order valence-electron chi connectivity index (χ2n) is 4.45. The molecule has 1 aromatic heterocycles. The molecule has 0 aliphatic carbocycles. The first kappa shape index (κ1) is 12.8. The van der Waals surface area contributed by atoms with E-state index in [4.69, 9.17) is 9.47 Å². The number of ether oxygens (including phenoxy) is 2. The predicted molar refractivity (Wildman–Crippen MR) is 65.6 cm³/mol. The van der Waals surface area contributed by atoms with Crippen molar-refractivity contribution < 1.29 is 14.3 Å². The van der Waals surface area contributed by atoms with Crippen LogP contribution in [0.3, 0.4) is 0 Å². The Morgan fingerprint density at radius 2 is 2.39 bits per heavy atom. The molecule has 0 radical (unpaired) electrons. The number of hydrogen-bond donors (Lipinski definition) is 0. The van der Waals surface area contributed by atoms with E-state index in [1.165, 1.54) is 10.6 Å². The number of rotatable bonds is 3. The normalized spacial score (nSPS) is 19.5. The third kappa shape index (κ3) is 3.20. The molecule has 0 aromatic carbocycles. The van der Waals surface area contributed by atoms with Crippen molar-refractivity contribution in [3.63, 3.8) is 0 Å². The highest BCUT2D eigenvalue weighted by atomic mass is 16.6. The van der Waals surface area contributed by atoms with Crippen LogP contribution in [0.1, 0.15) is 29.6 Å². The number of pyridine rings is 1. The van der Waals surface area contributed by atoms with Gasteiger partial charge in [0, 0.05) is 25.9 Å². The SMILES string of the molecule is Cn1ccc(C(=O)OC[C@H]2CCCCO2)cc1=O. The van der Waals surface area contributed by atoms with Gasteiger partial charge in [-0.15, -0.1) is 0 Å². The van der Waals surface area contributed by atoms with E-state index < -0.39 is 5.97 Å². The Hall–Kier alpha value is -1.62. The second kappa shape index (κ2) is 5.82. The first-order valence-corrected chi connectivity index (χ1v) is 6.12. The van der Waals surface area contributed by atoms with Crippen LogP contribution in [0.4, 0.5) is 0 Å². The molecule has 0 amide bonds. The minimum absolute atomic E-state index is 0.00533. The van der Waals surface area contributed by atoms with Crippen molar-refractivity contribution in [3.8, 4) is 0 Å². The van der Waals surface area contributed by atoms with Crippen molar-refractivity contribution in [3.05, 3.63) is 34.2 Å². The Kier molecular flexibility index (Phi) is 4.15. The number of nitrogens with zero attached hydrogens (tertiary/aromatic N) is 1. The van der Waals surface area contributed by atoms with Crippen molar-refractivity contribution >= 4 is 5.97 Å². The Labute approximate surface area is 105 Å². The third-order valence-electron chi connectivity index (χ3n) is 3.01. The topological polar surface area (TPSA) is 57.5 Å². The lowest BCUT2D eigenvalue weighted by molar-refractivity contribution is -0.0300. The van der Waals surface area contributed by atoms with E-state index in [9.17, 15) is 9.59 Å². The standard InChI is InChI=1S/C13H17NO4/c1-14-6-5-10(8-12(14)15)13(16)18-9-11-4-2-3-7-17-11/h5-6,8,11H,2-4,7,9H2,1H3/t11-/m1/s1. The van der Waals surface area contributed by atoms with Gasteiger partial charge in [0.25, 0.3) is 5.56 Å². The average Bonchev–Trinajstić information content (AvgIpc) is 2.40. The number of aromatic nitrogens is 1. The van der Waals surface area contributed by atoms with Gasteiger partial charge in [-0.3, -0.25) is 4.79 Å². The summed E-state index contributed by atoms with van der Waals surface area (Å²) in [6.07, 6.45) is 4.64. The summed E-state index contributed by atoms with van der Waals surface area (Å²) in [7, 11) is 1.63. The fourth-order valence-corrected chi connectivity index (χ4v) is 1.87. The van der Waals surface area contributed by atoms with Crippen molar-refractivity contribution in [1.29, 1.82) is 0 Å². The van der Waals surface area contributed by atoms with Gasteiger partial charge < -0.3 is 14.0 Å². The van der Waals surface area contributed by atoms with Gasteiger partial charge in [-0.2, -0.15) is 0 Å². The maximum absolute atomic E-state index is 11.7. The number of esters is 1.